The maximum Gasteiger partial charge on any atom is 0.430 e. The number of pyridine rings is 1. The van der Waals surface area contributed by atoms with Gasteiger partial charge in [0.05, 0.1) is 5.56 Å². The van der Waals surface area contributed by atoms with Crippen LogP contribution >= 0.6 is 0 Å². The zero-order valence-corrected chi connectivity index (χ0v) is 17.9. The van der Waals surface area contributed by atoms with Crippen LogP contribution in [0.25, 0.3) is 10.8 Å². The number of nitrogens with zero attached hydrogens (tertiary/aromatic N) is 1. The maximum absolute atomic E-state index is 13.1. The minimum atomic E-state index is -6.02. The third-order valence-electron chi connectivity index (χ3n) is 5.40. The summed E-state index contributed by atoms with van der Waals surface area (Å²) in [5.74, 6) is -0.716. The molecule has 0 aliphatic carbocycles. The summed E-state index contributed by atoms with van der Waals surface area (Å²) in [5, 5.41) is 25.8. The Morgan fingerprint density at radius 3 is 2.19 bits per heavy atom. The van der Waals surface area contributed by atoms with E-state index in [9.17, 15) is 41.4 Å². The van der Waals surface area contributed by atoms with Gasteiger partial charge in [-0.1, -0.05) is 18.2 Å². The second-order valence-corrected chi connectivity index (χ2v) is 7.67. The van der Waals surface area contributed by atoms with Crippen LogP contribution in [0.15, 0.2) is 67.0 Å². The van der Waals surface area contributed by atoms with Gasteiger partial charge in [0.1, 0.15) is 5.82 Å². The van der Waals surface area contributed by atoms with Crippen LogP contribution in [0.2, 0.25) is 0 Å². The molecule has 0 aliphatic heterocycles. The van der Waals surface area contributed by atoms with Crippen molar-refractivity contribution in [3.8, 4) is 5.88 Å². The van der Waals surface area contributed by atoms with Gasteiger partial charge in [0, 0.05) is 40.1 Å². The molecule has 7 nitrogen and oxygen atoms in total. The molecule has 0 bridgehead atoms. The minimum absolute atomic E-state index is 0.0143. The van der Waals surface area contributed by atoms with Crippen molar-refractivity contribution in [1.29, 1.82) is 0 Å². The molecule has 36 heavy (non-hydrogen) atoms. The summed E-state index contributed by atoms with van der Waals surface area (Å²) in [6, 6.07) is 10.3. The Balaban J connectivity index is 1.59. The molecule has 2 aromatic carbocycles. The number of benzene rings is 2. The lowest BCUT2D eigenvalue weighted by Gasteiger charge is -2.32. The highest BCUT2D eigenvalue weighted by Crippen LogP contribution is 2.50. The van der Waals surface area contributed by atoms with Crippen LogP contribution in [0.4, 0.5) is 43.5 Å². The standard InChI is InChI=1S/C23H16F6N4O3/c24-22(25,26)21(36,23(27,28)29)12-6-8-13(9-7-12)32-20(35)15-4-2-10-30-18(15)33-17-5-1-3-14-16(17)11-31-19(14)34/h1-11,31,34,36H,(H,30,33)(H,32,35). The predicted molar refractivity (Wildman–Crippen MR) is 118 cm³/mol. The summed E-state index contributed by atoms with van der Waals surface area (Å²) in [6.45, 7) is 0. The molecule has 188 valence electrons. The number of alkyl halides is 6. The van der Waals surface area contributed by atoms with Crippen molar-refractivity contribution in [2.45, 2.75) is 18.0 Å². The summed E-state index contributed by atoms with van der Waals surface area (Å²) in [5.41, 5.74) is -6.13. The van der Waals surface area contributed by atoms with Crippen LogP contribution in [-0.4, -0.2) is 38.4 Å². The van der Waals surface area contributed by atoms with Crippen LogP contribution in [0.1, 0.15) is 15.9 Å². The first kappa shape index (κ1) is 24.9. The Bertz CT molecular complexity index is 1400. The number of aromatic nitrogens is 2. The number of amides is 1. The normalized spacial score (nSPS) is 12.5. The lowest BCUT2D eigenvalue weighted by Crippen LogP contribution is -2.53. The molecule has 13 heteroatoms. The Morgan fingerprint density at radius 1 is 0.889 bits per heavy atom. The fourth-order valence-corrected chi connectivity index (χ4v) is 3.55. The van der Waals surface area contributed by atoms with Gasteiger partial charge in [-0.3, -0.25) is 4.79 Å². The van der Waals surface area contributed by atoms with Crippen molar-refractivity contribution >= 4 is 33.9 Å². The van der Waals surface area contributed by atoms with E-state index in [-0.39, 0.29) is 22.9 Å². The average Bonchev–Trinajstić information content (AvgIpc) is 3.19. The molecule has 0 atom stereocenters. The molecular weight excluding hydrogens is 494 g/mol. The quantitative estimate of drug-likeness (QED) is 0.225. The van der Waals surface area contributed by atoms with Crippen LogP contribution < -0.4 is 10.6 Å². The summed E-state index contributed by atoms with van der Waals surface area (Å²) >= 11 is 0. The number of aliphatic hydroxyl groups is 1. The molecule has 0 fully saturated rings. The van der Waals surface area contributed by atoms with Gasteiger partial charge in [-0.15, -0.1) is 0 Å². The highest BCUT2D eigenvalue weighted by molar-refractivity contribution is 6.08. The number of carbonyl (C=O) groups excluding carboxylic acids is 1. The lowest BCUT2D eigenvalue weighted by molar-refractivity contribution is -0.376. The summed E-state index contributed by atoms with van der Waals surface area (Å²) in [4.78, 5) is 19.6. The number of rotatable bonds is 5. The average molecular weight is 510 g/mol. The van der Waals surface area contributed by atoms with Gasteiger partial charge in [-0.2, -0.15) is 26.3 Å². The molecule has 0 spiro atoms. The first-order chi connectivity index (χ1) is 16.8. The van der Waals surface area contributed by atoms with Gasteiger partial charge in [0.15, 0.2) is 5.88 Å². The van der Waals surface area contributed by atoms with E-state index >= 15 is 0 Å². The van der Waals surface area contributed by atoms with Crippen molar-refractivity contribution in [2.75, 3.05) is 10.6 Å². The fourth-order valence-electron chi connectivity index (χ4n) is 3.55. The van der Waals surface area contributed by atoms with Gasteiger partial charge in [-0.25, -0.2) is 4.98 Å². The smallest absolute Gasteiger partial charge is 0.430 e. The van der Waals surface area contributed by atoms with E-state index in [0.717, 1.165) is 12.1 Å². The SMILES string of the molecule is O=C(Nc1ccc(C(O)(C(F)(F)F)C(F)(F)F)cc1)c1cccnc1Nc1cccc2c(O)[nH]cc12. The summed E-state index contributed by atoms with van der Waals surface area (Å²) < 4.78 is 78.4. The van der Waals surface area contributed by atoms with Gasteiger partial charge < -0.3 is 25.8 Å². The Labute approximate surface area is 198 Å². The molecule has 0 saturated carbocycles. The molecule has 1 amide bonds. The van der Waals surface area contributed by atoms with E-state index in [1.165, 1.54) is 18.3 Å². The number of nitrogens with one attached hydrogen (secondary N) is 3. The Hall–Kier alpha value is -4.26. The topological polar surface area (TPSA) is 110 Å². The number of halogens is 6. The van der Waals surface area contributed by atoms with Crippen LogP contribution in [-0.2, 0) is 5.60 Å². The van der Waals surface area contributed by atoms with Gasteiger partial charge >= 0.3 is 12.4 Å². The first-order valence-electron chi connectivity index (χ1n) is 10.1. The minimum Gasteiger partial charge on any atom is -0.494 e. The molecule has 4 rings (SSSR count). The molecular formula is C23H16F6N4O3. The molecule has 0 aliphatic rings. The van der Waals surface area contributed by atoms with Crippen molar-refractivity contribution in [2.24, 2.45) is 0 Å². The van der Waals surface area contributed by atoms with Crippen LogP contribution in [0, 0.1) is 0 Å². The number of aromatic hydroxyl groups is 1. The predicted octanol–water partition coefficient (Wildman–Crippen LogP) is 5.58. The highest BCUT2D eigenvalue weighted by Gasteiger charge is 2.71. The number of aromatic amines is 1. The van der Waals surface area contributed by atoms with Gasteiger partial charge in [0.25, 0.3) is 11.5 Å². The first-order valence-corrected chi connectivity index (χ1v) is 10.1. The van der Waals surface area contributed by atoms with E-state index in [2.05, 4.69) is 20.6 Å². The van der Waals surface area contributed by atoms with Crippen LogP contribution in [0.5, 0.6) is 5.88 Å². The van der Waals surface area contributed by atoms with Crippen molar-refractivity contribution in [1.82, 2.24) is 9.97 Å². The second-order valence-electron chi connectivity index (χ2n) is 7.67. The zero-order valence-electron chi connectivity index (χ0n) is 17.9. The summed E-state index contributed by atoms with van der Waals surface area (Å²) in [6.07, 6.45) is -9.10. The van der Waals surface area contributed by atoms with Gasteiger partial charge in [-0.05, 0) is 36.4 Å². The summed E-state index contributed by atoms with van der Waals surface area (Å²) in [7, 11) is 0. The maximum atomic E-state index is 13.1. The monoisotopic (exact) mass is 510 g/mol. The molecule has 4 aromatic rings. The number of fused-ring (bicyclic) bond motifs is 1. The second kappa shape index (κ2) is 8.75. The van der Waals surface area contributed by atoms with E-state index in [0.29, 0.717) is 28.6 Å². The van der Waals surface area contributed by atoms with E-state index in [1.54, 1.807) is 24.4 Å². The molecule has 0 saturated heterocycles. The van der Waals surface area contributed by atoms with E-state index in [4.69, 9.17) is 0 Å². The van der Waals surface area contributed by atoms with Crippen molar-refractivity contribution < 1.29 is 41.4 Å². The molecule has 0 unspecified atom stereocenters. The number of hydrogen-bond donors (Lipinski definition) is 5. The number of anilines is 3. The van der Waals surface area contributed by atoms with E-state index < -0.39 is 29.4 Å². The molecule has 2 aromatic heterocycles. The molecule has 5 N–H and O–H groups in total. The number of hydrogen-bond acceptors (Lipinski definition) is 5. The fraction of sp³-hybridized carbons (Fsp3) is 0.130. The third-order valence-corrected chi connectivity index (χ3v) is 5.40. The molecule has 0 radical (unpaired) electrons. The van der Waals surface area contributed by atoms with Crippen molar-refractivity contribution in [3.63, 3.8) is 0 Å². The van der Waals surface area contributed by atoms with Crippen LogP contribution in [0.3, 0.4) is 0 Å². The zero-order chi connectivity index (χ0) is 26.3. The van der Waals surface area contributed by atoms with Gasteiger partial charge in [0.2, 0.25) is 0 Å². The number of carbonyl (C=O) groups is 1. The third kappa shape index (κ3) is 4.28. The lowest BCUT2D eigenvalue weighted by atomic mass is 9.92. The van der Waals surface area contributed by atoms with Crippen molar-refractivity contribution in [3.05, 3.63) is 78.1 Å². The largest absolute Gasteiger partial charge is 0.494 e. The van der Waals surface area contributed by atoms with E-state index in [1.807, 2.05) is 0 Å². The molecule has 2 heterocycles. The Morgan fingerprint density at radius 2 is 1.56 bits per heavy atom. The number of H-pyrrole nitrogens is 1. The Kier molecular flexibility index (Phi) is 6.04. The highest BCUT2D eigenvalue weighted by atomic mass is 19.4.